The molecule has 2 atom stereocenters. The third-order valence-corrected chi connectivity index (χ3v) is 7.49. The Morgan fingerprint density at radius 1 is 0.871 bits per heavy atom. The zero-order chi connectivity index (χ0) is 22.1. The minimum absolute atomic E-state index is 0.0641. The quantitative estimate of drug-likeness (QED) is 0.395. The van der Waals surface area contributed by atoms with E-state index in [0.717, 1.165) is 23.4 Å². The Balaban J connectivity index is 1.67. The molecule has 2 unspecified atom stereocenters. The monoisotopic (exact) mass is 501 g/mol. The molecule has 1 aliphatic heterocycles. The summed E-state index contributed by atoms with van der Waals surface area (Å²) in [4.78, 5) is 2.20. The third kappa shape index (κ3) is 4.95. The van der Waals surface area contributed by atoms with Crippen molar-refractivity contribution in [1.82, 2.24) is 4.31 Å². The van der Waals surface area contributed by atoms with Crippen LogP contribution in [0.2, 0.25) is 15.1 Å². The number of rotatable bonds is 4. The number of benzene rings is 3. The molecule has 0 aromatic heterocycles. The number of halogens is 5. The predicted molar refractivity (Wildman–Crippen MR) is 124 cm³/mol. The van der Waals surface area contributed by atoms with E-state index in [2.05, 4.69) is 4.90 Å². The molecule has 3 aromatic carbocycles. The van der Waals surface area contributed by atoms with Crippen LogP contribution in [0.4, 0.5) is 14.5 Å². The number of anilines is 1. The molecule has 3 aromatic rings. The van der Waals surface area contributed by atoms with E-state index in [0.29, 0.717) is 34.7 Å². The van der Waals surface area contributed by atoms with E-state index in [1.165, 1.54) is 6.07 Å². The summed E-state index contributed by atoms with van der Waals surface area (Å²) in [6, 6.07) is 15.8. The zero-order valence-electron chi connectivity index (χ0n) is 16.1. The topological polar surface area (TPSA) is 26.7 Å². The van der Waals surface area contributed by atoms with Crippen LogP contribution < -0.4 is 4.90 Å². The van der Waals surface area contributed by atoms with Crippen molar-refractivity contribution in [3.05, 3.63) is 92.9 Å². The maximum Gasteiger partial charge on any atom is 0.281 e. The van der Waals surface area contributed by atoms with Gasteiger partial charge >= 0.3 is 0 Å². The van der Waals surface area contributed by atoms with E-state index in [9.17, 15) is 13.3 Å². The van der Waals surface area contributed by atoms with Crippen molar-refractivity contribution < 1.29 is 13.3 Å². The van der Waals surface area contributed by atoms with Gasteiger partial charge in [0.25, 0.3) is 11.4 Å². The Kier molecular flexibility index (Phi) is 6.96. The molecule has 1 saturated heterocycles. The van der Waals surface area contributed by atoms with Gasteiger partial charge in [0.2, 0.25) is 4.90 Å². The van der Waals surface area contributed by atoms with Crippen LogP contribution in [0.25, 0.3) is 0 Å². The van der Waals surface area contributed by atoms with Crippen LogP contribution in [0.15, 0.2) is 65.6 Å². The van der Waals surface area contributed by atoms with E-state index in [4.69, 9.17) is 34.8 Å². The first-order valence-corrected chi connectivity index (χ1v) is 11.7. The van der Waals surface area contributed by atoms with E-state index in [-0.39, 0.29) is 10.9 Å². The molecule has 31 heavy (non-hydrogen) atoms. The molecule has 0 aliphatic carbocycles. The molecule has 0 amide bonds. The summed E-state index contributed by atoms with van der Waals surface area (Å²) in [7, 11) is 0. The lowest BCUT2D eigenvalue weighted by atomic mass is 10.0. The molecule has 1 fully saturated rings. The van der Waals surface area contributed by atoms with Crippen LogP contribution in [-0.4, -0.2) is 28.5 Å². The second kappa shape index (κ2) is 9.53. The zero-order valence-corrected chi connectivity index (χ0v) is 19.2. The Morgan fingerprint density at radius 2 is 1.58 bits per heavy atom. The van der Waals surface area contributed by atoms with Gasteiger partial charge in [0.15, 0.2) is 5.82 Å². The first-order valence-electron chi connectivity index (χ1n) is 9.44. The number of nitrogens with zero attached hydrogens (tertiary/aromatic N) is 2. The summed E-state index contributed by atoms with van der Waals surface area (Å²) in [5.74, 6) is -1.45. The highest BCUT2D eigenvalue weighted by atomic mass is 35.5. The van der Waals surface area contributed by atoms with Crippen molar-refractivity contribution in [2.24, 2.45) is 0 Å². The minimum Gasteiger partial charge on any atom is -0.360 e. The lowest BCUT2D eigenvalue weighted by Crippen LogP contribution is -2.50. The minimum atomic E-state index is -1.53. The number of piperazine rings is 1. The average molecular weight is 503 g/mol. The van der Waals surface area contributed by atoms with Crippen LogP contribution in [0.1, 0.15) is 11.6 Å². The Labute approximate surface area is 197 Å². The second-order valence-electron chi connectivity index (χ2n) is 7.08. The number of hydrogen-bond donors (Lipinski definition) is 1. The van der Waals surface area contributed by atoms with E-state index >= 15 is 0 Å². The van der Waals surface area contributed by atoms with Crippen LogP contribution in [0.3, 0.4) is 0 Å². The van der Waals surface area contributed by atoms with Crippen molar-refractivity contribution in [2.75, 3.05) is 24.5 Å². The molecule has 0 radical (unpaired) electrons. The molecule has 1 heterocycles. The fraction of sp³-hybridized carbons (Fsp3) is 0.182. The number of hydrogen-bond acceptors (Lipinski definition) is 3. The van der Waals surface area contributed by atoms with Crippen molar-refractivity contribution in [1.29, 1.82) is 0 Å². The summed E-state index contributed by atoms with van der Waals surface area (Å²) in [5, 5.41) is 1.68. The Hall–Kier alpha value is -1.54. The van der Waals surface area contributed by atoms with Crippen LogP contribution in [0.5, 0.6) is 0 Å². The van der Waals surface area contributed by atoms with Crippen molar-refractivity contribution >= 4 is 51.9 Å². The first kappa shape index (κ1) is 22.6. The Morgan fingerprint density at radius 3 is 2.26 bits per heavy atom. The highest BCUT2D eigenvalue weighted by Gasteiger charge is 2.41. The highest BCUT2D eigenvalue weighted by molar-refractivity contribution is 7.89. The summed E-state index contributed by atoms with van der Waals surface area (Å²) in [5.41, 5.74) is 1.79. The lowest BCUT2D eigenvalue weighted by Gasteiger charge is -2.40. The van der Waals surface area contributed by atoms with Gasteiger partial charge in [0.05, 0.1) is 29.8 Å². The van der Waals surface area contributed by atoms with Gasteiger partial charge in [-0.05, 0) is 42.0 Å². The van der Waals surface area contributed by atoms with Gasteiger partial charge in [0, 0.05) is 28.7 Å². The average Bonchev–Trinajstić information content (AvgIpc) is 2.74. The fourth-order valence-corrected chi connectivity index (χ4v) is 5.53. The molecule has 0 bridgehead atoms. The maximum absolute atomic E-state index is 14.3. The van der Waals surface area contributed by atoms with Crippen molar-refractivity contribution in [3.63, 3.8) is 0 Å². The summed E-state index contributed by atoms with van der Waals surface area (Å²) in [6.07, 6.45) is 0. The van der Waals surface area contributed by atoms with Crippen molar-refractivity contribution in [2.45, 2.75) is 10.9 Å². The van der Waals surface area contributed by atoms with Crippen LogP contribution in [-0.2, 0) is 11.4 Å². The molecule has 3 nitrogen and oxygen atoms in total. The SMILES string of the molecule is O[S+](c1ccc(F)cc1F)N1CCN(c2ccc(Cl)cc2Cl)C(c2ccc(Cl)cc2)C1. The normalized spacial score (nSPS) is 18.3. The first-order chi connectivity index (χ1) is 14.8. The lowest BCUT2D eigenvalue weighted by molar-refractivity contribution is 0.338. The van der Waals surface area contributed by atoms with E-state index < -0.39 is 23.0 Å². The third-order valence-electron chi connectivity index (χ3n) is 5.15. The fourth-order valence-electron chi connectivity index (χ4n) is 3.65. The molecule has 1 N–H and O–H groups in total. The Bertz CT molecular complexity index is 1090. The van der Waals surface area contributed by atoms with Crippen LogP contribution >= 0.6 is 34.8 Å². The van der Waals surface area contributed by atoms with Gasteiger partial charge < -0.3 is 4.90 Å². The summed E-state index contributed by atoms with van der Waals surface area (Å²) >= 11 is 17.1. The molecular weight excluding hydrogens is 485 g/mol. The molecule has 0 saturated carbocycles. The van der Waals surface area contributed by atoms with Gasteiger partial charge in [-0.25, -0.2) is 8.78 Å². The van der Waals surface area contributed by atoms with Crippen LogP contribution in [0, 0.1) is 11.6 Å². The molecule has 1 aliphatic rings. The molecular formula is C22H18Cl3F2N2OS+. The van der Waals surface area contributed by atoms with Gasteiger partial charge in [0.1, 0.15) is 5.82 Å². The molecule has 162 valence electrons. The molecule has 9 heteroatoms. The van der Waals surface area contributed by atoms with Gasteiger partial charge in [-0.2, -0.15) is 4.55 Å². The molecule has 0 spiro atoms. The largest absolute Gasteiger partial charge is 0.360 e. The van der Waals surface area contributed by atoms with Gasteiger partial charge in [-0.15, -0.1) is 0 Å². The van der Waals surface area contributed by atoms with Gasteiger partial charge in [-0.1, -0.05) is 51.2 Å². The van der Waals surface area contributed by atoms with E-state index in [1.807, 2.05) is 18.2 Å². The van der Waals surface area contributed by atoms with Crippen molar-refractivity contribution in [3.8, 4) is 0 Å². The standard InChI is InChI=1S/C22H18Cl3F2N2OS/c23-15-3-1-14(2-4-15)21-13-28(31(30)22-8-6-17(26)12-19(22)27)9-10-29(21)20-7-5-16(24)11-18(20)25/h1-8,11-12,21,30H,9-10,13H2/q+1. The second-order valence-corrected chi connectivity index (χ2v) is 9.85. The molecule has 4 rings (SSSR count). The van der Waals surface area contributed by atoms with E-state index in [1.54, 1.807) is 28.6 Å². The summed E-state index contributed by atoms with van der Waals surface area (Å²) in [6.45, 7) is 1.39. The maximum atomic E-state index is 14.3. The summed E-state index contributed by atoms with van der Waals surface area (Å²) < 4.78 is 40.3. The highest BCUT2D eigenvalue weighted by Crippen LogP contribution is 2.38. The smallest absolute Gasteiger partial charge is 0.281 e. The van der Waals surface area contributed by atoms with Gasteiger partial charge in [-0.3, -0.25) is 0 Å². The predicted octanol–water partition coefficient (Wildman–Crippen LogP) is 6.85.